The lowest BCUT2D eigenvalue weighted by Gasteiger charge is -2.36. The molecule has 2 fully saturated rings. The lowest BCUT2D eigenvalue weighted by atomic mass is 9.78. The highest BCUT2D eigenvalue weighted by Gasteiger charge is 2.39. The fraction of sp³-hybridized carbons (Fsp3) is 0.500. The Kier molecular flexibility index (Phi) is 6.29. The number of hydrogen-bond acceptors (Lipinski definition) is 6. The number of benzene rings is 1. The number of carbonyl (C=O) groups excluding carboxylic acids is 3. The van der Waals surface area contributed by atoms with Crippen LogP contribution in [0.25, 0.3) is 0 Å². The number of hydrogen-bond donors (Lipinski definition) is 2. The summed E-state index contributed by atoms with van der Waals surface area (Å²) in [6, 6.07) is 7.61. The van der Waals surface area contributed by atoms with Crippen LogP contribution in [0.5, 0.6) is 0 Å². The standard InChI is InChI=1S/C22H26N4O5/c27-13-23-18(19(28)21-25-26(22(30)31-21)12-14-10-11-14)16-8-4-5-9-17(16)24-20(29)15-6-2-1-3-7-15/h1-3,6-7,13-14,16-18H,4-5,8-12H2,(H,23,27)(H,24,29)/t16-,17+,18?/m1/s1. The number of amides is 2. The molecule has 4 rings (SSSR count). The molecule has 2 amide bonds. The average molecular weight is 426 g/mol. The third-order valence-electron chi connectivity index (χ3n) is 6.08. The maximum absolute atomic E-state index is 13.2. The molecule has 1 heterocycles. The van der Waals surface area contributed by atoms with Crippen molar-refractivity contribution in [2.75, 3.05) is 0 Å². The van der Waals surface area contributed by atoms with E-state index in [0.29, 0.717) is 37.3 Å². The molecule has 0 spiro atoms. The van der Waals surface area contributed by atoms with E-state index in [1.54, 1.807) is 24.3 Å². The van der Waals surface area contributed by atoms with Crippen molar-refractivity contribution in [3.63, 3.8) is 0 Å². The van der Waals surface area contributed by atoms with Gasteiger partial charge < -0.3 is 15.1 Å². The van der Waals surface area contributed by atoms with Crippen LogP contribution in [-0.4, -0.2) is 40.0 Å². The van der Waals surface area contributed by atoms with Crippen LogP contribution in [0.2, 0.25) is 0 Å². The summed E-state index contributed by atoms with van der Waals surface area (Å²) in [6.45, 7) is 0.431. The van der Waals surface area contributed by atoms with Gasteiger partial charge in [-0.3, -0.25) is 14.4 Å². The van der Waals surface area contributed by atoms with E-state index in [9.17, 15) is 19.2 Å². The van der Waals surface area contributed by atoms with E-state index >= 15 is 0 Å². The number of nitrogens with one attached hydrogen (secondary N) is 2. The molecule has 2 aliphatic carbocycles. The van der Waals surface area contributed by atoms with E-state index in [4.69, 9.17) is 4.42 Å². The minimum atomic E-state index is -0.939. The topological polar surface area (TPSA) is 123 Å². The Morgan fingerprint density at radius 2 is 1.90 bits per heavy atom. The van der Waals surface area contributed by atoms with Gasteiger partial charge in [-0.05, 0) is 43.7 Å². The van der Waals surface area contributed by atoms with Crippen molar-refractivity contribution in [1.82, 2.24) is 20.4 Å². The molecule has 9 heteroatoms. The SMILES string of the molecule is O=CNC(C(=O)c1nn(CC2CC2)c(=O)o1)[C@@H]1CCCC[C@@H]1NC(=O)c1ccccc1. The molecule has 2 N–H and O–H groups in total. The number of aromatic nitrogens is 2. The van der Waals surface area contributed by atoms with Crippen LogP contribution in [0.3, 0.4) is 0 Å². The summed E-state index contributed by atoms with van der Waals surface area (Å²) in [5.41, 5.74) is 0.530. The van der Waals surface area contributed by atoms with Gasteiger partial charge in [0, 0.05) is 17.5 Å². The average Bonchev–Trinajstić information content (AvgIpc) is 3.53. The summed E-state index contributed by atoms with van der Waals surface area (Å²) in [5.74, 6) is -1.69. The summed E-state index contributed by atoms with van der Waals surface area (Å²) in [6.07, 6.45) is 5.63. The molecule has 31 heavy (non-hydrogen) atoms. The number of nitrogens with zero attached hydrogens (tertiary/aromatic N) is 2. The van der Waals surface area contributed by atoms with Crippen molar-refractivity contribution in [1.29, 1.82) is 0 Å². The molecule has 0 aliphatic heterocycles. The highest BCUT2D eigenvalue weighted by Crippen LogP contribution is 2.30. The molecule has 164 valence electrons. The van der Waals surface area contributed by atoms with Gasteiger partial charge in [0.25, 0.3) is 11.8 Å². The highest BCUT2D eigenvalue weighted by molar-refractivity contribution is 5.97. The molecule has 0 saturated heterocycles. The molecule has 1 aromatic carbocycles. The Hall–Kier alpha value is -3.23. The van der Waals surface area contributed by atoms with Gasteiger partial charge in [-0.25, -0.2) is 4.79 Å². The zero-order valence-corrected chi connectivity index (χ0v) is 17.2. The summed E-state index contributed by atoms with van der Waals surface area (Å²) in [5, 5.41) is 9.67. The van der Waals surface area contributed by atoms with E-state index < -0.39 is 17.6 Å². The third-order valence-corrected chi connectivity index (χ3v) is 6.08. The van der Waals surface area contributed by atoms with Crippen LogP contribution in [0.1, 0.15) is 59.6 Å². The lowest BCUT2D eigenvalue weighted by Crippen LogP contribution is -2.53. The van der Waals surface area contributed by atoms with E-state index in [-0.39, 0.29) is 23.8 Å². The van der Waals surface area contributed by atoms with Gasteiger partial charge in [-0.2, -0.15) is 4.68 Å². The number of rotatable bonds is 9. The number of ketones is 1. The van der Waals surface area contributed by atoms with E-state index in [1.165, 1.54) is 4.68 Å². The zero-order chi connectivity index (χ0) is 21.8. The molecule has 2 saturated carbocycles. The molecule has 0 bridgehead atoms. The van der Waals surface area contributed by atoms with Crippen molar-refractivity contribution in [2.24, 2.45) is 11.8 Å². The fourth-order valence-corrected chi connectivity index (χ4v) is 4.25. The Bertz CT molecular complexity index is 995. The first-order valence-corrected chi connectivity index (χ1v) is 10.7. The van der Waals surface area contributed by atoms with Gasteiger partial charge >= 0.3 is 5.76 Å². The largest absolute Gasteiger partial charge is 0.437 e. The Labute approximate surface area is 179 Å². The second-order valence-electron chi connectivity index (χ2n) is 8.32. The maximum Gasteiger partial charge on any atom is 0.437 e. The zero-order valence-electron chi connectivity index (χ0n) is 17.2. The highest BCUT2D eigenvalue weighted by atomic mass is 16.4. The molecule has 2 aliphatic rings. The van der Waals surface area contributed by atoms with Crippen molar-refractivity contribution in [3.05, 3.63) is 52.3 Å². The van der Waals surface area contributed by atoms with Crippen molar-refractivity contribution >= 4 is 18.1 Å². The predicted octanol–water partition coefficient (Wildman–Crippen LogP) is 1.53. The molecular weight excluding hydrogens is 400 g/mol. The first-order chi connectivity index (χ1) is 15.1. The van der Waals surface area contributed by atoms with Gasteiger partial charge in [0.05, 0.1) is 6.54 Å². The summed E-state index contributed by atoms with van der Waals surface area (Å²) in [7, 11) is 0. The fourth-order valence-electron chi connectivity index (χ4n) is 4.25. The number of Topliss-reactive ketones (excluding diaryl/α,β-unsaturated/α-hetero) is 1. The molecule has 1 unspecified atom stereocenters. The second-order valence-corrected chi connectivity index (χ2v) is 8.32. The van der Waals surface area contributed by atoms with Crippen LogP contribution in [0, 0.1) is 11.8 Å². The first kappa shape index (κ1) is 21.0. The van der Waals surface area contributed by atoms with Crippen molar-refractivity contribution in [2.45, 2.75) is 57.2 Å². The monoisotopic (exact) mass is 426 g/mol. The first-order valence-electron chi connectivity index (χ1n) is 10.7. The van der Waals surface area contributed by atoms with Crippen LogP contribution in [0.15, 0.2) is 39.5 Å². The molecular formula is C22H26N4O5. The lowest BCUT2D eigenvalue weighted by molar-refractivity contribution is -0.110. The van der Waals surface area contributed by atoms with Crippen LogP contribution >= 0.6 is 0 Å². The van der Waals surface area contributed by atoms with Crippen molar-refractivity contribution < 1.29 is 18.8 Å². The van der Waals surface area contributed by atoms with Gasteiger partial charge in [0.1, 0.15) is 6.04 Å². The molecule has 1 aromatic heterocycles. The smallest absolute Gasteiger partial charge is 0.384 e. The van der Waals surface area contributed by atoms with Gasteiger partial charge in [-0.1, -0.05) is 31.0 Å². The molecule has 0 radical (unpaired) electrons. The minimum Gasteiger partial charge on any atom is -0.384 e. The van der Waals surface area contributed by atoms with E-state index in [0.717, 1.165) is 25.7 Å². The normalized spacial score (nSPS) is 21.8. The molecule has 9 nitrogen and oxygen atoms in total. The number of carbonyl (C=O) groups is 3. The Morgan fingerprint density at radius 3 is 2.61 bits per heavy atom. The van der Waals surface area contributed by atoms with Crippen LogP contribution in [-0.2, 0) is 11.3 Å². The van der Waals surface area contributed by atoms with Crippen molar-refractivity contribution in [3.8, 4) is 0 Å². The summed E-state index contributed by atoms with van der Waals surface area (Å²) in [4.78, 5) is 49.2. The van der Waals surface area contributed by atoms with Gasteiger partial charge in [0.2, 0.25) is 12.2 Å². The Morgan fingerprint density at radius 1 is 1.16 bits per heavy atom. The summed E-state index contributed by atoms with van der Waals surface area (Å²) >= 11 is 0. The maximum atomic E-state index is 13.2. The van der Waals surface area contributed by atoms with Gasteiger partial charge in [0.15, 0.2) is 0 Å². The predicted molar refractivity (Wildman–Crippen MR) is 110 cm³/mol. The minimum absolute atomic E-state index is 0.227. The van der Waals surface area contributed by atoms with E-state index in [1.807, 2.05) is 6.07 Å². The quantitative estimate of drug-likeness (QED) is 0.463. The van der Waals surface area contributed by atoms with Gasteiger partial charge in [-0.15, -0.1) is 5.10 Å². The second kappa shape index (κ2) is 9.28. The van der Waals surface area contributed by atoms with Crippen LogP contribution < -0.4 is 16.4 Å². The Balaban J connectivity index is 1.53. The van der Waals surface area contributed by atoms with Crippen LogP contribution in [0.4, 0.5) is 0 Å². The third kappa shape index (κ3) is 4.92. The van der Waals surface area contributed by atoms with E-state index in [2.05, 4.69) is 15.7 Å². The molecule has 3 atom stereocenters. The molecule has 2 aromatic rings. The summed E-state index contributed by atoms with van der Waals surface area (Å²) < 4.78 is 6.29.